The van der Waals surface area contributed by atoms with Crippen LogP contribution in [0.15, 0.2) is 24.4 Å². The molecule has 1 heterocycles. The fraction of sp³-hybridized carbons (Fsp3) is 0.583. The quantitative estimate of drug-likeness (QED) is 0.586. The largest absolute Gasteiger partial charge is 0.508 e. The number of aromatic nitrogens is 1. The van der Waals surface area contributed by atoms with Crippen LogP contribution in [0.4, 0.5) is 0 Å². The van der Waals surface area contributed by atoms with Gasteiger partial charge in [-0.3, -0.25) is 4.79 Å². The van der Waals surface area contributed by atoms with Crippen molar-refractivity contribution in [2.24, 2.45) is 28.9 Å². The second-order valence-corrected chi connectivity index (χ2v) is 10.0. The molecule has 4 fully saturated rings. The average Bonchev–Trinajstić information content (AvgIpc) is 3.11. The number of benzene rings is 1. The Hall–Kier alpha value is -2.54. The Labute approximate surface area is 181 Å². The van der Waals surface area contributed by atoms with Crippen molar-refractivity contribution in [3.63, 3.8) is 0 Å². The number of aromatic amines is 1. The zero-order chi connectivity index (χ0) is 21.6. The molecule has 4 aliphatic carbocycles. The van der Waals surface area contributed by atoms with E-state index in [0.29, 0.717) is 6.61 Å². The van der Waals surface area contributed by atoms with Gasteiger partial charge in [-0.25, -0.2) is 4.79 Å². The van der Waals surface area contributed by atoms with Gasteiger partial charge in [0.2, 0.25) is 0 Å². The molecule has 31 heavy (non-hydrogen) atoms. The SMILES string of the molecule is N[C@@H](Cc1c[nH]c2ccc(O)cc12)C(=O)OCC(=O)OCC12CC3CC(CC(C3)C1)C2. The predicted molar refractivity (Wildman–Crippen MR) is 114 cm³/mol. The topological polar surface area (TPSA) is 115 Å². The van der Waals surface area contributed by atoms with Crippen molar-refractivity contribution >= 4 is 22.8 Å². The van der Waals surface area contributed by atoms with E-state index in [-0.39, 0.29) is 17.6 Å². The number of H-pyrrole nitrogens is 1. The van der Waals surface area contributed by atoms with Gasteiger partial charge >= 0.3 is 11.9 Å². The van der Waals surface area contributed by atoms with Gasteiger partial charge in [0, 0.05) is 28.9 Å². The van der Waals surface area contributed by atoms with Gasteiger partial charge in [0.15, 0.2) is 6.61 Å². The smallest absolute Gasteiger partial charge is 0.344 e. The second-order valence-electron chi connectivity index (χ2n) is 10.0. The van der Waals surface area contributed by atoms with Crippen molar-refractivity contribution in [1.82, 2.24) is 4.98 Å². The lowest BCUT2D eigenvalue weighted by Gasteiger charge is -2.56. The Balaban J connectivity index is 1.10. The third kappa shape index (κ3) is 4.15. The maximum absolute atomic E-state index is 12.3. The molecule has 4 aliphatic rings. The van der Waals surface area contributed by atoms with Crippen molar-refractivity contribution in [3.8, 4) is 5.75 Å². The molecular weight excluding hydrogens is 396 g/mol. The highest BCUT2D eigenvalue weighted by atomic mass is 16.6. The molecule has 0 aliphatic heterocycles. The maximum Gasteiger partial charge on any atom is 0.344 e. The van der Waals surface area contributed by atoms with Gasteiger partial charge in [-0.15, -0.1) is 0 Å². The van der Waals surface area contributed by atoms with Crippen LogP contribution < -0.4 is 5.73 Å². The lowest BCUT2D eigenvalue weighted by atomic mass is 9.50. The highest BCUT2D eigenvalue weighted by Crippen LogP contribution is 2.60. The number of phenolic OH excluding ortho intramolecular Hbond substituents is 1. The summed E-state index contributed by atoms with van der Waals surface area (Å²) in [7, 11) is 0. The number of hydrogen-bond acceptors (Lipinski definition) is 6. The van der Waals surface area contributed by atoms with E-state index in [1.165, 1.54) is 19.3 Å². The highest BCUT2D eigenvalue weighted by Gasteiger charge is 2.51. The first kappa shape index (κ1) is 20.4. The zero-order valence-electron chi connectivity index (χ0n) is 17.6. The van der Waals surface area contributed by atoms with E-state index in [4.69, 9.17) is 15.2 Å². The van der Waals surface area contributed by atoms with Gasteiger partial charge in [0.1, 0.15) is 11.8 Å². The summed E-state index contributed by atoms with van der Waals surface area (Å²) in [6, 6.07) is 4.07. The summed E-state index contributed by atoms with van der Waals surface area (Å²) in [5.74, 6) is 1.40. The molecule has 1 aromatic heterocycles. The van der Waals surface area contributed by atoms with E-state index in [2.05, 4.69) is 4.98 Å². The molecule has 0 amide bonds. The number of phenols is 1. The molecule has 0 saturated heterocycles. The van der Waals surface area contributed by atoms with Crippen LogP contribution >= 0.6 is 0 Å². The number of rotatable bonds is 7. The summed E-state index contributed by atoms with van der Waals surface area (Å²) < 4.78 is 10.7. The fourth-order valence-corrected chi connectivity index (χ4v) is 6.63. The summed E-state index contributed by atoms with van der Waals surface area (Å²) in [5.41, 5.74) is 7.80. The van der Waals surface area contributed by atoms with Crippen LogP contribution in [0.25, 0.3) is 10.9 Å². The third-order valence-corrected chi connectivity index (χ3v) is 7.53. The number of fused-ring (bicyclic) bond motifs is 1. The standard InChI is InChI=1S/C24H30N2O5/c25-20(6-17-11-26-21-2-1-18(27)7-19(17)21)23(29)30-12-22(28)31-13-24-8-14-3-15(9-24)5-16(4-14)10-24/h1-2,7,11,14-16,20,26-27H,3-6,8-10,12-13,25H2/t14?,15?,16?,20-,24?/m0/s1. The number of nitrogens with two attached hydrogens (primary N) is 1. The van der Waals surface area contributed by atoms with Crippen LogP contribution in [0.5, 0.6) is 5.75 Å². The number of ether oxygens (including phenoxy) is 2. The number of carbonyl (C=O) groups excluding carboxylic acids is 2. The van der Waals surface area contributed by atoms with Crippen molar-refractivity contribution < 1.29 is 24.2 Å². The number of esters is 2. The van der Waals surface area contributed by atoms with Crippen LogP contribution in [0.3, 0.4) is 0 Å². The Bertz CT molecular complexity index is 962. The molecule has 166 valence electrons. The first-order valence-electron chi connectivity index (χ1n) is 11.3. The van der Waals surface area contributed by atoms with E-state index in [1.807, 2.05) is 0 Å². The van der Waals surface area contributed by atoms with Gasteiger partial charge in [0.05, 0.1) is 6.61 Å². The minimum atomic E-state index is -0.905. The van der Waals surface area contributed by atoms with E-state index in [0.717, 1.165) is 53.5 Å². The van der Waals surface area contributed by atoms with Crippen LogP contribution in [0.2, 0.25) is 0 Å². The lowest BCUT2D eigenvalue weighted by Crippen LogP contribution is -2.48. The molecule has 4 saturated carbocycles. The Morgan fingerprint density at radius 2 is 1.81 bits per heavy atom. The predicted octanol–water partition coefficient (Wildman–Crippen LogP) is 3.05. The number of aromatic hydroxyl groups is 1. The highest BCUT2D eigenvalue weighted by molar-refractivity contribution is 5.86. The Morgan fingerprint density at radius 3 is 2.48 bits per heavy atom. The molecule has 0 radical (unpaired) electrons. The molecule has 4 bridgehead atoms. The summed E-state index contributed by atoms with van der Waals surface area (Å²) in [4.78, 5) is 27.6. The molecule has 1 atom stereocenters. The molecule has 2 aromatic rings. The Morgan fingerprint density at radius 1 is 1.13 bits per heavy atom. The molecule has 6 rings (SSSR count). The summed E-state index contributed by atoms with van der Waals surface area (Å²) in [6.45, 7) is 0.0331. The van der Waals surface area contributed by atoms with Crippen LogP contribution in [-0.4, -0.2) is 41.3 Å². The molecule has 0 unspecified atom stereocenters. The monoisotopic (exact) mass is 426 g/mol. The molecule has 0 spiro atoms. The first-order valence-corrected chi connectivity index (χ1v) is 11.3. The van der Waals surface area contributed by atoms with Gasteiger partial charge in [-0.2, -0.15) is 0 Å². The molecule has 7 nitrogen and oxygen atoms in total. The first-order chi connectivity index (χ1) is 14.9. The minimum Gasteiger partial charge on any atom is -0.508 e. The summed E-state index contributed by atoms with van der Waals surface area (Å²) in [6.07, 6.45) is 9.53. The summed E-state index contributed by atoms with van der Waals surface area (Å²) in [5, 5.41) is 10.5. The Kier molecular flexibility index (Phi) is 5.16. The van der Waals surface area contributed by atoms with Crippen LogP contribution in [-0.2, 0) is 25.5 Å². The van der Waals surface area contributed by atoms with Crippen LogP contribution in [0.1, 0.15) is 44.1 Å². The number of nitrogens with one attached hydrogen (secondary N) is 1. The number of hydrogen-bond donors (Lipinski definition) is 3. The zero-order valence-corrected chi connectivity index (χ0v) is 17.6. The molecular formula is C24H30N2O5. The van der Waals surface area contributed by atoms with Crippen molar-refractivity contribution in [1.29, 1.82) is 0 Å². The van der Waals surface area contributed by atoms with Gasteiger partial charge in [-0.05, 0) is 80.0 Å². The van der Waals surface area contributed by atoms with Gasteiger partial charge in [-0.1, -0.05) is 0 Å². The van der Waals surface area contributed by atoms with Gasteiger partial charge < -0.3 is 25.3 Å². The van der Waals surface area contributed by atoms with E-state index in [1.54, 1.807) is 24.4 Å². The third-order valence-electron chi connectivity index (χ3n) is 7.53. The van der Waals surface area contributed by atoms with Gasteiger partial charge in [0.25, 0.3) is 0 Å². The van der Waals surface area contributed by atoms with Crippen molar-refractivity contribution in [3.05, 3.63) is 30.0 Å². The fourth-order valence-electron chi connectivity index (χ4n) is 6.63. The molecule has 7 heteroatoms. The second kappa shape index (κ2) is 7.86. The van der Waals surface area contributed by atoms with Crippen LogP contribution in [0, 0.1) is 23.2 Å². The molecule has 4 N–H and O–H groups in total. The van der Waals surface area contributed by atoms with Crippen molar-refractivity contribution in [2.45, 2.75) is 51.0 Å². The van der Waals surface area contributed by atoms with Crippen molar-refractivity contribution in [2.75, 3.05) is 13.2 Å². The average molecular weight is 427 g/mol. The number of carbonyl (C=O) groups is 2. The minimum absolute atomic E-state index is 0.145. The van der Waals surface area contributed by atoms with E-state index in [9.17, 15) is 14.7 Å². The van der Waals surface area contributed by atoms with E-state index >= 15 is 0 Å². The van der Waals surface area contributed by atoms with E-state index < -0.39 is 24.6 Å². The lowest BCUT2D eigenvalue weighted by molar-refractivity contribution is -0.166. The summed E-state index contributed by atoms with van der Waals surface area (Å²) >= 11 is 0. The molecule has 1 aromatic carbocycles. The maximum atomic E-state index is 12.3. The normalized spacial score (nSPS) is 29.8.